The molecule has 3 aromatic rings. The van der Waals surface area contributed by atoms with E-state index in [2.05, 4.69) is 25.4 Å². The fourth-order valence-electron chi connectivity index (χ4n) is 4.20. The van der Waals surface area contributed by atoms with Gasteiger partial charge in [0.15, 0.2) is 5.82 Å². The van der Waals surface area contributed by atoms with Crippen molar-refractivity contribution in [3.05, 3.63) is 41.3 Å². The molecule has 3 heterocycles. The lowest BCUT2D eigenvalue weighted by atomic mass is 9.90. The van der Waals surface area contributed by atoms with Gasteiger partial charge in [0.25, 0.3) is 0 Å². The highest BCUT2D eigenvalue weighted by Crippen LogP contribution is 2.37. The third-order valence-corrected chi connectivity index (χ3v) is 6.91. The quantitative estimate of drug-likeness (QED) is 0.619. The molecule has 1 aromatic carbocycles. The second kappa shape index (κ2) is 8.12. The first-order valence-corrected chi connectivity index (χ1v) is 11.2. The Kier molecular flexibility index (Phi) is 5.31. The van der Waals surface area contributed by atoms with E-state index in [-0.39, 0.29) is 11.8 Å². The summed E-state index contributed by atoms with van der Waals surface area (Å²) in [7, 11) is 0. The van der Waals surface area contributed by atoms with Gasteiger partial charge in [-0.1, -0.05) is 0 Å². The Labute approximate surface area is 183 Å². The Bertz CT molecular complexity index is 1080. The summed E-state index contributed by atoms with van der Waals surface area (Å²) in [5.41, 5.74) is 1.02. The number of nitrogens with one attached hydrogen (secondary N) is 1. The van der Waals surface area contributed by atoms with Crippen molar-refractivity contribution in [2.24, 2.45) is 0 Å². The van der Waals surface area contributed by atoms with Crippen LogP contribution in [0, 0.1) is 12.7 Å². The molecule has 0 radical (unpaired) electrons. The van der Waals surface area contributed by atoms with Crippen LogP contribution in [0.1, 0.15) is 24.3 Å². The minimum absolute atomic E-state index is 0.0541. The zero-order valence-corrected chi connectivity index (χ0v) is 17.9. The number of phenols is 1. The molecule has 1 aliphatic carbocycles. The van der Waals surface area contributed by atoms with Crippen LogP contribution < -0.4 is 10.2 Å². The van der Waals surface area contributed by atoms with Crippen molar-refractivity contribution in [3.8, 4) is 27.4 Å². The molecule has 1 aliphatic heterocycles. The number of hydrogen-bond donors (Lipinski definition) is 2. The molecule has 0 amide bonds. The highest BCUT2D eigenvalue weighted by atomic mass is 32.1. The Morgan fingerprint density at radius 3 is 2.68 bits per heavy atom. The van der Waals surface area contributed by atoms with E-state index in [0.717, 1.165) is 30.3 Å². The van der Waals surface area contributed by atoms with Crippen LogP contribution in [0.15, 0.2) is 30.5 Å². The molecular weight excluding hydrogens is 420 g/mol. The zero-order chi connectivity index (χ0) is 21.5. The number of aromatic nitrogens is 3. The summed E-state index contributed by atoms with van der Waals surface area (Å²) in [6.45, 7) is 3.49. The Morgan fingerprint density at radius 1 is 1.16 bits per heavy atom. The lowest BCUT2D eigenvalue weighted by molar-refractivity contribution is 0.148. The number of thiazole rings is 1. The number of anilines is 1. The van der Waals surface area contributed by atoms with E-state index >= 15 is 0 Å². The number of phenolic OH excluding ortho intramolecular Hbond substituents is 1. The van der Waals surface area contributed by atoms with E-state index in [4.69, 9.17) is 0 Å². The molecule has 1 saturated carbocycles. The molecule has 2 N–H and O–H groups in total. The summed E-state index contributed by atoms with van der Waals surface area (Å²) in [6.07, 6.45) is 3.13. The van der Waals surface area contributed by atoms with E-state index in [1.807, 2.05) is 13.0 Å². The van der Waals surface area contributed by atoms with E-state index in [1.54, 1.807) is 12.3 Å². The molecule has 2 fully saturated rings. The van der Waals surface area contributed by atoms with Crippen molar-refractivity contribution >= 4 is 17.2 Å². The number of benzene rings is 1. The number of aryl methyl sites for hydroxylation is 1. The van der Waals surface area contributed by atoms with Crippen molar-refractivity contribution in [3.63, 3.8) is 0 Å². The zero-order valence-electron chi connectivity index (χ0n) is 17.1. The van der Waals surface area contributed by atoms with Gasteiger partial charge >= 0.3 is 0 Å². The molecule has 0 unspecified atom stereocenters. The number of nitrogens with zero attached hydrogens (tertiary/aromatic N) is 4. The predicted octanol–water partition coefficient (Wildman–Crippen LogP) is 4.09. The van der Waals surface area contributed by atoms with Gasteiger partial charge in [0.1, 0.15) is 17.7 Å². The molecule has 9 heteroatoms. The molecule has 1 saturated heterocycles. The third-order valence-electron chi connectivity index (χ3n) is 5.96. The average Bonchev–Trinajstić information content (AvgIpc) is 3.38. The maximum absolute atomic E-state index is 14.7. The van der Waals surface area contributed by atoms with Crippen LogP contribution in [0.3, 0.4) is 0 Å². The Hall–Kier alpha value is -2.65. The highest BCUT2D eigenvalue weighted by molar-refractivity contribution is 7.15. The monoisotopic (exact) mass is 443 g/mol. The van der Waals surface area contributed by atoms with Crippen LogP contribution in [0.2, 0.25) is 0 Å². The van der Waals surface area contributed by atoms with Crippen LogP contribution in [-0.2, 0) is 0 Å². The summed E-state index contributed by atoms with van der Waals surface area (Å²) in [5.74, 6) is 0.241. The van der Waals surface area contributed by atoms with Gasteiger partial charge in [-0.2, -0.15) is 0 Å². The molecule has 6 nitrogen and oxygen atoms in total. The predicted molar refractivity (Wildman–Crippen MR) is 117 cm³/mol. The molecule has 0 bridgehead atoms. The van der Waals surface area contributed by atoms with E-state index < -0.39 is 12.0 Å². The number of hydrogen-bond acceptors (Lipinski definition) is 7. The van der Waals surface area contributed by atoms with Gasteiger partial charge < -0.3 is 15.3 Å². The summed E-state index contributed by atoms with van der Waals surface area (Å²) in [4.78, 5) is 6.95. The number of halogens is 2. The highest BCUT2D eigenvalue weighted by Gasteiger charge is 2.33. The average molecular weight is 444 g/mol. The molecule has 162 valence electrons. The van der Waals surface area contributed by atoms with Crippen LogP contribution in [0.5, 0.6) is 5.75 Å². The summed E-state index contributed by atoms with van der Waals surface area (Å²) in [5, 5.41) is 23.4. The topological polar surface area (TPSA) is 74.2 Å². The molecule has 0 spiro atoms. The minimum atomic E-state index is -0.658. The van der Waals surface area contributed by atoms with Gasteiger partial charge in [-0.05, 0) is 50.5 Å². The second-order valence-electron chi connectivity index (χ2n) is 8.23. The summed E-state index contributed by atoms with van der Waals surface area (Å²) >= 11 is 1.37. The van der Waals surface area contributed by atoms with Crippen molar-refractivity contribution in [1.82, 2.24) is 20.5 Å². The van der Waals surface area contributed by atoms with Crippen molar-refractivity contribution in [2.45, 2.75) is 44.4 Å². The van der Waals surface area contributed by atoms with Gasteiger partial charge in [-0.3, -0.25) is 0 Å². The summed E-state index contributed by atoms with van der Waals surface area (Å²) < 4.78 is 27.7. The molecule has 2 aliphatic rings. The smallest absolute Gasteiger partial charge is 0.151 e. The maximum atomic E-state index is 14.7. The lowest BCUT2D eigenvalue weighted by Crippen LogP contribution is -2.48. The number of alkyl halides is 1. The lowest BCUT2D eigenvalue weighted by Gasteiger charge is -2.33. The fraction of sp³-hybridized carbons (Fsp3) is 0.409. The van der Waals surface area contributed by atoms with E-state index in [1.165, 1.54) is 23.5 Å². The van der Waals surface area contributed by atoms with E-state index in [9.17, 15) is 13.9 Å². The van der Waals surface area contributed by atoms with Gasteiger partial charge in [-0.25, -0.2) is 13.8 Å². The molecular formula is C22H23F2N5OS. The van der Waals surface area contributed by atoms with Gasteiger partial charge in [0.05, 0.1) is 15.6 Å². The largest absolute Gasteiger partial charge is 0.507 e. The SMILES string of the molecule is Cc1ncc(-c2cc(O)c(-c3ccc(N4CC[C@@H](NC5CC(F)C5)C4)nn3)cc2F)s1. The second-order valence-corrected chi connectivity index (χ2v) is 9.47. The summed E-state index contributed by atoms with van der Waals surface area (Å²) in [6, 6.07) is 6.88. The normalized spacial score (nSPS) is 23.2. The third kappa shape index (κ3) is 4.12. The Morgan fingerprint density at radius 2 is 2.00 bits per heavy atom. The fourth-order valence-corrected chi connectivity index (χ4v) is 5.00. The first-order valence-electron chi connectivity index (χ1n) is 10.4. The molecule has 5 rings (SSSR count). The minimum Gasteiger partial charge on any atom is -0.507 e. The van der Waals surface area contributed by atoms with Crippen molar-refractivity contribution < 1.29 is 13.9 Å². The van der Waals surface area contributed by atoms with Crippen LogP contribution in [0.25, 0.3) is 21.7 Å². The number of aromatic hydroxyl groups is 1. The standard InChI is InChI=1S/C22H23F2N5OS/c1-12-25-10-21(31-12)16-9-20(30)17(8-18(16)24)19-2-3-22(28-27-19)29-5-4-14(11-29)26-15-6-13(23)7-15/h2-3,8-10,13-15,26,30H,4-7,11H2,1H3/t13?,14-,15?/m1/s1. The van der Waals surface area contributed by atoms with Crippen molar-refractivity contribution in [1.29, 1.82) is 0 Å². The van der Waals surface area contributed by atoms with Crippen LogP contribution in [0.4, 0.5) is 14.6 Å². The van der Waals surface area contributed by atoms with Crippen LogP contribution >= 0.6 is 11.3 Å². The van der Waals surface area contributed by atoms with Crippen molar-refractivity contribution in [2.75, 3.05) is 18.0 Å². The first-order chi connectivity index (χ1) is 15.0. The van der Waals surface area contributed by atoms with Crippen LogP contribution in [-0.4, -0.2) is 51.6 Å². The molecule has 31 heavy (non-hydrogen) atoms. The van der Waals surface area contributed by atoms with E-state index in [0.29, 0.717) is 40.6 Å². The molecule has 1 atom stereocenters. The maximum Gasteiger partial charge on any atom is 0.151 e. The molecule has 2 aromatic heterocycles. The Balaban J connectivity index is 1.29. The van der Waals surface area contributed by atoms with Gasteiger partial charge in [0, 0.05) is 42.5 Å². The van der Waals surface area contributed by atoms with Gasteiger partial charge in [0.2, 0.25) is 0 Å². The van der Waals surface area contributed by atoms with Gasteiger partial charge in [-0.15, -0.1) is 21.5 Å². The first kappa shape index (κ1) is 20.3. The number of rotatable bonds is 5.